The maximum Gasteiger partial charge on any atom is 0.234 e. The van der Waals surface area contributed by atoms with E-state index in [1.165, 1.54) is 0 Å². The van der Waals surface area contributed by atoms with Crippen LogP contribution in [0.15, 0.2) is 24.3 Å². The SMILES string of the molecule is CCn1nc(CNCC(=O)NC(C)C)c2ccccc21. The van der Waals surface area contributed by atoms with Crippen LogP contribution in [-0.4, -0.2) is 28.3 Å². The van der Waals surface area contributed by atoms with E-state index in [1.807, 2.05) is 30.7 Å². The van der Waals surface area contributed by atoms with Gasteiger partial charge >= 0.3 is 0 Å². The Kier molecular flexibility index (Phi) is 4.74. The number of para-hydroxylation sites is 1. The topological polar surface area (TPSA) is 59.0 Å². The van der Waals surface area contributed by atoms with Crippen molar-refractivity contribution in [2.24, 2.45) is 0 Å². The Morgan fingerprint density at radius 1 is 1.35 bits per heavy atom. The highest BCUT2D eigenvalue weighted by atomic mass is 16.1. The van der Waals surface area contributed by atoms with Gasteiger partial charge in [0.1, 0.15) is 0 Å². The molecule has 5 heteroatoms. The number of benzene rings is 1. The van der Waals surface area contributed by atoms with E-state index >= 15 is 0 Å². The van der Waals surface area contributed by atoms with Crippen molar-refractivity contribution in [2.45, 2.75) is 39.9 Å². The number of amides is 1. The van der Waals surface area contributed by atoms with Crippen LogP contribution in [0.5, 0.6) is 0 Å². The van der Waals surface area contributed by atoms with Gasteiger partial charge in [0.05, 0.1) is 17.8 Å². The summed E-state index contributed by atoms with van der Waals surface area (Å²) in [5.41, 5.74) is 2.12. The molecule has 0 saturated carbocycles. The molecule has 108 valence electrons. The number of rotatable bonds is 6. The molecular weight excluding hydrogens is 252 g/mol. The van der Waals surface area contributed by atoms with Crippen LogP contribution in [0.4, 0.5) is 0 Å². The first-order valence-electron chi connectivity index (χ1n) is 7.06. The maximum atomic E-state index is 11.6. The lowest BCUT2D eigenvalue weighted by Crippen LogP contribution is -2.37. The van der Waals surface area contributed by atoms with Gasteiger partial charge in [-0.25, -0.2) is 0 Å². The zero-order valence-corrected chi connectivity index (χ0v) is 12.3. The molecule has 0 saturated heterocycles. The van der Waals surface area contributed by atoms with Crippen LogP contribution in [0.2, 0.25) is 0 Å². The number of carbonyl (C=O) groups excluding carboxylic acids is 1. The number of hydrogen-bond acceptors (Lipinski definition) is 3. The van der Waals surface area contributed by atoms with E-state index in [9.17, 15) is 4.79 Å². The highest BCUT2D eigenvalue weighted by Gasteiger charge is 2.09. The quantitative estimate of drug-likeness (QED) is 0.842. The van der Waals surface area contributed by atoms with Crippen LogP contribution in [0.1, 0.15) is 26.5 Å². The second kappa shape index (κ2) is 6.52. The Morgan fingerprint density at radius 2 is 2.10 bits per heavy atom. The molecule has 1 heterocycles. The molecule has 0 spiro atoms. The van der Waals surface area contributed by atoms with Gasteiger partial charge in [0.25, 0.3) is 0 Å². The lowest BCUT2D eigenvalue weighted by molar-refractivity contribution is -0.120. The van der Waals surface area contributed by atoms with Crippen LogP contribution in [0.3, 0.4) is 0 Å². The molecule has 2 N–H and O–H groups in total. The standard InChI is InChI=1S/C15H22N4O/c1-4-19-14-8-6-5-7-12(14)13(18-19)9-16-10-15(20)17-11(2)3/h5-8,11,16H,4,9-10H2,1-3H3,(H,17,20). The number of carbonyl (C=O) groups is 1. The Balaban J connectivity index is 2.01. The fourth-order valence-corrected chi connectivity index (χ4v) is 2.24. The number of nitrogens with one attached hydrogen (secondary N) is 2. The lowest BCUT2D eigenvalue weighted by Gasteiger charge is -2.08. The molecule has 5 nitrogen and oxygen atoms in total. The van der Waals surface area contributed by atoms with Crippen molar-refractivity contribution in [3.63, 3.8) is 0 Å². The van der Waals surface area contributed by atoms with Gasteiger partial charge in [-0.05, 0) is 26.8 Å². The van der Waals surface area contributed by atoms with E-state index in [4.69, 9.17) is 0 Å². The fraction of sp³-hybridized carbons (Fsp3) is 0.467. The Labute approximate surface area is 119 Å². The van der Waals surface area contributed by atoms with Crippen LogP contribution < -0.4 is 10.6 Å². The van der Waals surface area contributed by atoms with Crippen LogP contribution >= 0.6 is 0 Å². The van der Waals surface area contributed by atoms with Gasteiger partial charge in [-0.1, -0.05) is 18.2 Å². The summed E-state index contributed by atoms with van der Waals surface area (Å²) in [6.07, 6.45) is 0. The number of aromatic nitrogens is 2. The fourth-order valence-electron chi connectivity index (χ4n) is 2.24. The molecule has 0 atom stereocenters. The Bertz CT molecular complexity index is 589. The van der Waals surface area contributed by atoms with E-state index in [-0.39, 0.29) is 11.9 Å². The molecule has 1 amide bonds. The number of nitrogens with zero attached hydrogens (tertiary/aromatic N) is 2. The number of aryl methyl sites for hydroxylation is 1. The second-order valence-corrected chi connectivity index (χ2v) is 5.11. The minimum absolute atomic E-state index is 0.0132. The monoisotopic (exact) mass is 274 g/mol. The second-order valence-electron chi connectivity index (χ2n) is 5.11. The molecule has 0 aliphatic carbocycles. The highest BCUT2D eigenvalue weighted by Crippen LogP contribution is 2.17. The minimum Gasteiger partial charge on any atom is -0.353 e. The third-order valence-electron chi connectivity index (χ3n) is 3.06. The van der Waals surface area contributed by atoms with Gasteiger partial charge < -0.3 is 10.6 Å². The first-order valence-corrected chi connectivity index (χ1v) is 7.06. The summed E-state index contributed by atoms with van der Waals surface area (Å²) >= 11 is 0. The van der Waals surface area contributed by atoms with Crippen LogP contribution in [0.25, 0.3) is 10.9 Å². The molecule has 0 aliphatic rings. The van der Waals surface area contributed by atoms with E-state index in [2.05, 4.69) is 34.8 Å². The van der Waals surface area contributed by atoms with Crippen molar-refractivity contribution in [3.05, 3.63) is 30.0 Å². The molecule has 1 aromatic carbocycles. The predicted octanol–water partition coefficient (Wildman–Crippen LogP) is 1.67. The molecule has 0 aliphatic heterocycles. The Morgan fingerprint density at radius 3 is 2.80 bits per heavy atom. The molecule has 0 fully saturated rings. The zero-order valence-electron chi connectivity index (χ0n) is 12.3. The summed E-state index contributed by atoms with van der Waals surface area (Å²) in [4.78, 5) is 11.6. The van der Waals surface area contributed by atoms with Gasteiger partial charge in [-0.2, -0.15) is 5.10 Å². The van der Waals surface area contributed by atoms with Crippen molar-refractivity contribution in [1.29, 1.82) is 0 Å². The first-order chi connectivity index (χ1) is 9.61. The summed E-state index contributed by atoms with van der Waals surface area (Å²) in [6.45, 7) is 7.73. The molecule has 1 aromatic heterocycles. The number of hydrogen-bond donors (Lipinski definition) is 2. The number of fused-ring (bicyclic) bond motifs is 1. The van der Waals surface area contributed by atoms with Gasteiger partial charge in [0, 0.05) is 24.5 Å². The summed E-state index contributed by atoms with van der Waals surface area (Å²) in [6, 6.07) is 8.34. The molecule has 0 unspecified atom stereocenters. The van der Waals surface area contributed by atoms with Crippen molar-refractivity contribution in [3.8, 4) is 0 Å². The summed E-state index contributed by atoms with van der Waals surface area (Å²) in [7, 11) is 0. The molecule has 2 aromatic rings. The van der Waals surface area contributed by atoms with Gasteiger partial charge in [0.15, 0.2) is 0 Å². The predicted molar refractivity (Wildman–Crippen MR) is 80.4 cm³/mol. The van der Waals surface area contributed by atoms with Gasteiger partial charge in [0.2, 0.25) is 5.91 Å². The van der Waals surface area contributed by atoms with Crippen molar-refractivity contribution < 1.29 is 4.79 Å². The van der Waals surface area contributed by atoms with E-state index in [1.54, 1.807) is 0 Å². The highest BCUT2D eigenvalue weighted by molar-refractivity contribution is 5.82. The van der Waals surface area contributed by atoms with Crippen molar-refractivity contribution in [2.75, 3.05) is 6.54 Å². The third kappa shape index (κ3) is 3.36. The van der Waals surface area contributed by atoms with Crippen LogP contribution in [0, 0.1) is 0 Å². The van der Waals surface area contributed by atoms with E-state index < -0.39 is 0 Å². The maximum absolute atomic E-state index is 11.6. The molecule has 0 radical (unpaired) electrons. The van der Waals surface area contributed by atoms with E-state index in [0.717, 1.165) is 23.1 Å². The normalized spacial score (nSPS) is 11.2. The Hall–Kier alpha value is -1.88. The van der Waals surface area contributed by atoms with Crippen LogP contribution in [-0.2, 0) is 17.9 Å². The summed E-state index contributed by atoms with van der Waals surface area (Å²) < 4.78 is 1.99. The molecule has 20 heavy (non-hydrogen) atoms. The third-order valence-corrected chi connectivity index (χ3v) is 3.06. The summed E-state index contributed by atoms with van der Waals surface area (Å²) in [5, 5.41) is 11.7. The lowest BCUT2D eigenvalue weighted by atomic mass is 10.2. The first kappa shape index (κ1) is 14.5. The van der Waals surface area contributed by atoms with E-state index in [0.29, 0.717) is 13.1 Å². The average molecular weight is 274 g/mol. The minimum atomic E-state index is 0.0132. The zero-order chi connectivity index (χ0) is 14.5. The van der Waals surface area contributed by atoms with Gasteiger partial charge in [-0.3, -0.25) is 9.48 Å². The molecule has 0 bridgehead atoms. The largest absolute Gasteiger partial charge is 0.353 e. The summed E-state index contributed by atoms with van der Waals surface area (Å²) in [5.74, 6) is 0.0132. The molecule has 2 rings (SSSR count). The molecular formula is C15H22N4O. The smallest absolute Gasteiger partial charge is 0.234 e. The van der Waals surface area contributed by atoms with Gasteiger partial charge in [-0.15, -0.1) is 0 Å². The van der Waals surface area contributed by atoms with Crippen molar-refractivity contribution in [1.82, 2.24) is 20.4 Å². The average Bonchev–Trinajstić information content (AvgIpc) is 2.76. The van der Waals surface area contributed by atoms with Crippen molar-refractivity contribution >= 4 is 16.8 Å².